The summed E-state index contributed by atoms with van der Waals surface area (Å²) in [5, 5.41) is 3.91. The lowest BCUT2D eigenvalue weighted by Crippen LogP contribution is -2.17. The van der Waals surface area contributed by atoms with Crippen molar-refractivity contribution in [3.63, 3.8) is 0 Å². The zero-order valence-electron chi connectivity index (χ0n) is 11.2. The van der Waals surface area contributed by atoms with E-state index in [0.29, 0.717) is 37.1 Å². The summed E-state index contributed by atoms with van der Waals surface area (Å²) in [7, 11) is 0. The van der Waals surface area contributed by atoms with Crippen LogP contribution in [0.4, 0.5) is 0 Å². The zero-order valence-corrected chi connectivity index (χ0v) is 12.0. The van der Waals surface area contributed by atoms with Crippen LogP contribution in [-0.4, -0.2) is 13.2 Å². The summed E-state index contributed by atoms with van der Waals surface area (Å²) >= 11 is 6.20. The Morgan fingerprint density at radius 2 is 2.00 bits per heavy atom. The number of furan rings is 1. The maximum Gasteiger partial charge on any atom is 0.179 e. The second-order valence-electron chi connectivity index (χ2n) is 4.72. The van der Waals surface area contributed by atoms with Crippen LogP contribution in [0.2, 0.25) is 5.02 Å². The predicted octanol–water partition coefficient (Wildman–Crippen LogP) is 3.30. The first-order valence-corrected chi connectivity index (χ1v) is 6.94. The van der Waals surface area contributed by atoms with Gasteiger partial charge in [-0.25, -0.2) is 0 Å². The van der Waals surface area contributed by atoms with Gasteiger partial charge in [-0.3, -0.25) is 0 Å². The summed E-state index contributed by atoms with van der Waals surface area (Å²) in [6.07, 6.45) is 0. The van der Waals surface area contributed by atoms with E-state index in [1.54, 1.807) is 0 Å². The number of fused-ring (bicyclic) bond motifs is 1. The van der Waals surface area contributed by atoms with Crippen molar-refractivity contribution < 1.29 is 13.9 Å². The maximum atomic E-state index is 6.20. The van der Waals surface area contributed by atoms with Crippen molar-refractivity contribution in [2.45, 2.75) is 20.0 Å². The van der Waals surface area contributed by atoms with Gasteiger partial charge in [-0.05, 0) is 36.8 Å². The molecule has 0 spiro atoms. The van der Waals surface area contributed by atoms with Crippen LogP contribution in [0.15, 0.2) is 28.7 Å². The van der Waals surface area contributed by atoms with E-state index in [1.807, 2.05) is 31.2 Å². The smallest absolute Gasteiger partial charge is 0.179 e. The van der Waals surface area contributed by atoms with Gasteiger partial charge in [0.05, 0.1) is 11.6 Å². The van der Waals surface area contributed by atoms with Gasteiger partial charge in [-0.1, -0.05) is 11.6 Å². The van der Waals surface area contributed by atoms with Crippen LogP contribution in [-0.2, 0) is 13.1 Å². The third-order valence-electron chi connectivity index (χ3n) is 3.08. The number of hydrogen-bond acceptors (Lipinski definition) is 4. The number of nitrogens with one attached hydrogen (secondary N) is 1. The Morgan fingerprint density at radius 3 is 2.80 bits per heavy atom. The van der Waals surface area contributed by atoms with E-state index in [1.165, 1.54) is 0 Å². The standard InChI is InChI=1S/C15H16ClNO3/c1-10-2-3-12(20-10)9-17-8-11-6-13(16)15-14(7-11)18-4-5-19-15/h2-3,6-7,17H,4-5,8-9H2,1H3. The summed E-state index contributed by atoms with van der Waals surface area (Å²) in [4.78, 5) is 0. The molecule has 0 radical (unpaired) electrons. The Morgan fingerprint density at radius 1 is 1.15 bits per heavy atom. The van der Waals surface area contributed by atoms with Gasteiger partial charge < -0.3 is 19.2 Å². The quantitative estimate of drug-likeness (QED) is 0.939. The molecule has 3 rings (SSSR count). The Labute approximate surface area is 122 Å². The SMILES string of the molecule is Cc1ccc(CNCc2cc(Cl)c3c(c2)OCCO3)o1. The van der Waals surface area contributed by atoms with Crippen LogP contribution in [0.3, 0.4) is 0 Å². The monoisotopic (exact) mass is 293 g/mol. The summed E-state index contributed by atoms with van der Waals surface area (Å²) in [6, 6.07) is 7.79. The van der Waals surface area contributed by atoms with E-state index in [2.05, 4.69) is 5.32 Å². The van der Waals surface area contributed by atoms with Crippen molar-refractivity contribution >= 4 is 11.6 Å². The van der Waals surface area contributed by atoms with Crippen molar-refractivity contribution in [1.29, 1.82) is 0 Å². The minimum absolute atomic E-state index is 0.544. The van der Waals surface area contributed by atoms with Crippen molar-refractivity contribution in [3.8, 4) is 11.5 Å². The molecule has 0 fully saturated rings. The average Bonchev–Trinajstić information content (AvgIpc) is 2.85. The lowest BCUT2D eigenvalue weighted by molar-refractivity contribution is 0.171. The van der Waals surface area contributed by atoms with Crippen LogP contribution in [0.25, 0.3) is 0 Å². The van der Waals surface area contributed by atoms with E-state index in [9.17, 15) is 0 Å². The van der Waals surface area contributed by atoms with E-state index in [0.717, 1.165) is 22.8 Å². The molecule has 1 N–H and O–H groups in total. The molecule has 1 aromatic carbocycles. The first-order valence-electron chi connectivity index (χ1n) is 6.56. The second-order valence-corrected chi connectivity index (χ2v) is 5.12. The molecule has 20 heavy (non-hydrogen) atoms. The fourth-order valence-electron chi connectivity index (χ4n) is 2.18. The molecular formula is C15H16ClNO3. The van der Waals surface area contributed by atoms with Gasteiger partial charge in [0.25, 0.3) is 0 Å². The first-order chi connectivity index (χ1) is 9.72. The minimum Gasteiger partial charge on any atom is -0.486 e. The highest BCUT2D eigenvalue weighted by Crippen LogP contribution is 2.38. The minimum atomic E-state index is 0.544. The molecule has 2 aromatic rings. The second kappa shape index (κ2) is 5.77. The van der Waals surface area contributed by atoms with Gasteiger partial charge in [-0.15, -0.1) is 0 Å². The number of benzene rings is 1. The van der Waals surface area contributed by atoms with Crippen molar-refractivity contribution in [3.05, 3.63) is 46.4 Å². The Balaban J connectivity index is 1.64. The lowest BCUT2D eigenvalue weighted by atomic mass is 10.2. The summed E-state index contributed by atoms with van der Waals surface area (Å²) in [6.45, 7) is 4.41. The molecule has 0 bridgehead atoms. The number of ether oxygens (including phenoxy) is 2. The fraction of sp³-hybridized carbons (Fsp3) is 0.333. The van der Waals surface area contributed by atoms with E-state index in [4.69, 9.17) is 25.5 Å². The number of rotatable bonds is 4. The number of hydrogen-bond donors (Lipinski definition) is 1. The first kappa shape index (κ1) is 13.3. The average molecular weight is 294 g/mol. The summed E-state index contributed by atoms with van der Waals surface area (Å²) < 4.78 is 16.6. The van der Waals surface area contributed by atoms with Crippen molar-refractivity contribution in [1.82, 2.24) is 5.32 Å². The Bertz CT molecular complexity index is 609. The van der Waals surface area contributed by atoms with Gasteiger partial charge in [-0.2, -0.15) is 0 Å². The van der Waals surface area contributed by atoms with Gasteiger partial charge in [0, 0.05) is 6.54 Å². The van der Waals surface area contributed by atoms with Crippen LogP contribution >= 0.6 is 11.6 Å². The number of aryl methyl sites for hydroxylation is 1. The van der Waals surface area contributed by atoms with Crippen LogP contribution in [0, 0.1) is 6.92 Å². The van der Waals surface area contributed by atoms with Gasteiger partial charge in [0.15, 0.2) is 11.5 Å². The Kier molecular flexibility index (Phi) is 3.85. The van der Waals surface area contributed by atoms with Gasteiger partial charge in [0.2, 0.25) is 0 Å². The van der Waals surface area contributed by atoms with Gasteiger partial charge >= 0.3 is 0 Å². The normalized spacial score (nSPS) is 13.5. The number of halogens is 1. The summed E-state index contributed by atoms with van der Waals surface area (Å²) in [5.74, 6) is 3.20. The molecule has 5 heteroatoms. The molecule has 0 aliphatic carbocycles. The molecule has 106 valence electrons. The highest BCUT2D eigenvalue weighted by Gasteiger charge is 2.16. The molecule has 4 nitrogen and oxygen atoms in total. The highest BCUT2D eigenvalue weighted by molar-refractivity contribution is 6.32. The molecule has 0 atom stereocenters. The fourth-order valence-corrected chi connectivity index (χ4v) is 2.46. The topological polar surface area (TPSA) is 43.6 Å². The Hall–Kier alpha value is -1.65. The molecule has 1 aliphatic rings. The van der Waals surface area contributed by atoms with E-state index >= 15 is 0 Å². The lowest BCUT2D eigenvalue weighted by Gasteiger charge is -2.20. The highest BCUT2D eigenvalue weighted by atomic mass is 35.5. The molecule has 0 unspecified atom stereocenters. The zero-order chi connectivity index (χ0) is 13.9. The summed E-state index contributed by atoms with van der Waals surface area (Å²) in [5.41, 5.74) is 1.06. The molecule has 0 saturated carbocycles. The van der Waals surface area contributed by atoms with Crippen molar-refractivity contribution in [2.24, 2.45) is 0 Å². The molecule has 0 saturated heterocycles. The maximum absolute atomic E-state index is 6.20. The molecule has 1 aliphatic heterocycles. The third-order valence-corrected chi connectivity index (χ3v) is 3.36. The van der Waals surface area contributed by atoms with Crippen LogP contribution in [0.5, 0.6) is 11.5 Å². The van der Waals surface area contributed by atoms with Crippen molar-refractivity contribution in [2.75, 3.05) is 13.2 Å². The molecular weight excluding hydrogens is 278 g/mol. The third kappa shape index (κ3) is 2.92. The van der Waals surface area contributed by atoms with Crippen LogP contribution in [0.1, 0.15) is 17.1 Å². The molecule has 0 amide bonds. The molecule has 1 aromatic heterocycles. The van der Waals surface area contributed by atoms with E-state index in [-0.39, 0.29) is 0 Å². The van der Waals surface area contributed by atoms with Crippen LogP contribution < -0.4 is 14.8 Å². The predicted molar refractivity (Wildman–Crippen MR) is 76.4 cm³/mol. The van der Waals surface area contributed by atoms with Gasteiger partial charge in [0.1, 0.15) is 24.7 Å². The van der Waals surface area contributed by atoms with E-state index < -0.39 is 0 Å². The molecule has 2 heterocycles. The largest absolute Gasteiger partial charge is 0.486 e.